The lowest BCUT2D eigenvalue weighted by Gasteiger charge is -2.32. The molecule has 1 aliphatic heterocycles. The molecule has 0 aromatic heterocycles. The van der Waals surface area contributed by atoms with Gasteiger partial charge in [0, 0.05) is 25.2 Å². The molecule has 0 aromatic carbocycles. The first kappa shape index (κ1) is 12.7. The standard InChI is InChI=1S/C11H17NO4/c1-8(13)9-4-6-12(7-5-9)10(14)2-3-11(15)16/h2-3,8-9,13H,4-7H2,1H3,(H,15,16). The molecule has 5 nitrogen and oxygen atoms in total. The van der Waals surface area contributed by atoms with Crippen LogP contribution in [0.5, 0.6) is 0 Å². The summed E-state index contributed by atoms with van der Waals surface area (Å²) >= 11 is 0. The van der Waals surface area contributed by atoms with Crippen molar-refractivity contribution in [3.05, 3.63) is 12.2 Å². The van der Waals surface area contributed by atoms with E-state index in [1.54, 1.807) is 11.8 Å². The van der Waals surface area contributed by atoms with Crippen molar-refractivity contribution >= 4 is 11.9 Å². The molecular formula is C11H17NO4. The molecule has 1 aliphatic rings. The highest BCUT2D eigenvalue weighted by Crippen LogP contribution is 2.20. The van der Waals surface area contributed by atoms with Gasteiger partial charge < -0.3 is 15.1 Å². The fourth-order valence-electron chi connectivity index (χ4n) is 1.85. The number of likely N-dealkylation sites (tertiary alicyclic amines) is 1. The molecular weight excluding hydrogens is 210 g/mol. The monoisotopic (exact) mass is 227 g/mol. The largest absolute Gasteiger partial charge is 0.478 e. The predicted octanol–water partition coefficient (Wildman–Crippen LogP) is 0.247. The molecule has 1 fully saturated rings. The first-order valence-corrected chi connectivity index (χ1v) is 5.38. The molecule has 1 unspecified atom stereocenters. The Bertz CT molecular complexity index is 290. The summed E-state index contributed by atoms with van der Waals surface area (Å²) in [4.78, 5) is 23.3. The second-order valence-corrected chi connectivity index (χ2v) is 4.07. The van der Waals surface area contributed by atoms with Crippen LogP contribution in [0, 0.1) is 5.92 Å². The molecule has 2 N–H and O–H groups in total. The van der Waals surface area contributed by atoms with Crippen LogP contribution in [0.3, 0.4) is 0 Å². The van der Waals surface area contributed by atoms with Crippen LogP contribution in [-0.4, -0.2) is 46.2 Å². The maximum atomic E-state index is 11.5. The van der Waals surface area contributed by atoms with Gasteiger partial charge in [-0.25, -0.2) is 4.79 Å². The molecule has 0 aromatic rings. The van der Waals surface area contributed by atoms with E-state index in [0.29, 0.717) is 13.1 Å². The minimum atomic E-state index is -1.12. The fraction of sp³-hybridized carbons (Fsp3) is 0.636. The van der Waals surface area contributed by atoms with E-state index >= 15 is 0 Å². The van der Waals surface area contributed by atoms with Gasteiger partial charge in [-0.05, 0) is 25.7 Å². The second kappa shape index (κ2) is 5.65. The zero-order valence-corrected chi connectivity index (χ0v) is 9.30. The number of rotatable bonds is 3. The van der Waals surface area contributed by atoms with Crippen molar-refractivity contribution in [2.24, 2.45) is 5.92 Å². The number of aliphatic carboxylic acids is 1. The van der Waals surface area contributed by atoms with E-state index in [9.17, 15) is 14.7 Å². The first-order valence-electron chi connectivity index (χ1n) is 5.38. The number of aliphatic hydroxyl groups excluding tert-OH is 1. The van der Waals surface area contributed by atoms with E-state index in [2.05, 4.69) is 0 Å². The van der Waals surface area contributed by atoms with Gasteiger partial charge in [0.2, 0.25) is 5.91 Å². The van der Waals surface area contributed by atoms with Gasteiger partial charge in [0.15, 0.2) is 0 Å². The molecule has 5 heteroatoms. The van der Waals surface area contributed by atoms with Crippen LogP contribution in [-0.2, 0) is 9.59 Å². The van der Waals surface area contributed by atoms with Crippen LogP contribution < -0.4 is 0 Å². The zero-order valence-electron chi connectivity index (χ0n) is 9.30. The minimum absolute atomic E-state index is 0.243. The quantitative estimate of drug-likeness (QED) is 0.677. The number of hydrogen-bond acceptors (Lipinski definition) is 3. The van der Waals surface area contributed by atoms with E-state index in [1.165, 1.54) is 0 Å². The normalized spacial score (nSPS) is 20.0. The fourth-order valence-corrected chi connectivity index (χ4v) is 1.85. The lowest BCUT2D eigenvalue weighted by molar-refractivity contribution is -0.132. The van der Waals surface area contributed by atoms with Crippen LogP contribution in [0.1, 0.15) is 19.8 Å². The number of nitrogens with zero attached hydrogens (tertiary/aromatic N) is 1. The lowest BCUT2D eigenvalue weighted by Crippen LogP contribution is -2.40. The maximum Gasteiger partial charge on any atom is 0.328 e. The van der Waals surface area contributed by atoms with Gasteiger partial charge in [0.1, 0.15) is 0 Å². The summed E-state index contributed by atoms with van der Waals surface area (Å²) in [7, 11) is 0. The van der Waals surface area contributed by atoms with Crippen LogP contribution >= 0.6 is 0 Å². The molecule has 0 spiro atoms. The molecule has 1 rings (SSSR count). The number of carboxylic acids is 1. The van der Waals surface area contributed by atoms with Crippen molar-refractivity contribution in [1.29, 1.82) is 0 Å². The molecule has 1 amide bonds. The van der Waals surface area contributed by atoms with Crippen LogP contribution in [0.25, 0.3) is 0 Å². The first-order chi connectivity index (χ1) is 7.50. The van der Waals surface area contributed by atoms with Gasteiger partial charge in [-0.15, -0.1) is 0 Å². The Morgan fingerprint density at radius 3 is 2.31 bits per heavy atom. The van der Waals surface area contributed by atoms with Gasteiger partial charge >= 0.3 is 5.97 Å². The van der Waals surface area contributed by atoms with Gasteiger partial charge in [0.05, 0.1) is 6.10 Å². The Labute approximate surface area is 94.4 Å². The van der Waals surface area contributed by atoms with Crippen LogP contribution in [0.4, 0.5) is 0 Å². The van der Waals surface area contributed by atoms with Crippen molar-refractivity contribution in [3.8, 4) is 0 Å². The van der Waals surface area contributed by atoms with E-state index in [0.717, 1.165) is 25.0 Å². The van der Waals surface area contributed by atoms with E-state index < -0.39 is 5.97 Å². The summed E-state index contributed by atoms with van der Waals surface area (Å²) in [6.07, 6.45) is 3.12. The molecule has 1 atom stereocenters. The number of hydrogen-bond donors (Lipinski definition) is 2. The molecule has 1 saturated heterocycles. The molecule has 1 heterocycles. The average Bonchev–Trinajstić information content (AvgIpc) is 2.26. The second-order valence-electron chi connectivity index (χ2n) is 4.07. The number of piperidine rings is 1. The van der Waals surface area contributed by atoms with Gasteiger partial charge in [0.25, 0.3) is 0 Å². The third-order valence-corrected chi connectivity index (χ3v) is 2.90. The van der Waals surface area contributed by atoms with Gasteiger partial charge in [-0.2, -0.15) is 0 Å². The Morgan fingerprint density at radius 2 is 1.88 bits per heavy atom. The maximum absolute atomic E-state index is 11.5. The molecule has 0 radical (unpaired) electrons. The van der Waals surface area contributed by atoms with Crippen molar-refractivity contribution in [2.45, 2.75) is 25.9 Å². The Morgan fingerprint density at radius 1 is 1.31 bits per heavy atom. The van der Waals surface area contributed by atoms with Crippen molar-refractivity contribution in [3.63, 3.8) is 0 Å². The molecule has 90 valence electrons. The Balaban J connectivity index is 2.42. The Hall–Kier alpha value is -1.36. The highest BCUT2D eigenvalue weighted by atomic mass is 16.4. The molecule has 0 saturated carbocycles. The van der Waals surface area contributed by atoms with Crippen molar-refractivity contribution < 1.29 is 19.8 Å². The third-order valence-electron chi connectivity index (χ3n) is 2.90. The number of aliphatic hydroxyl groups is 1. The highest BCUT2D eigenvalue weighted by molar-refractivity contribution is 5.93. The number of carbonyl (C=O) groups is 2. The molecule has 0 bridgehead atoms. The van der Waals surface area contributed by atoms with Gasteiger partial charge in [-0.1, -0.05) is 0 Å². The summed E-state index contributed by atoms with van der Waals surface area (Å²) < 4.78 is 0. The third kappa shape index (κ3) is 3.66. The van der Waals surface area contributed by atoms with Crippen LogP contribution in [0.15, 0.2) is 12.2 Å². The summed E-state index contributed by atoms with van der Waals surface area (Å²) in [6, 6.07) is 0. The average molecular weight is 227 g/mol. The number of amides is 1. The molecule has 0 aliphatic carbocycles. The predicted molar refractivity (Wildman–Crippen MR) is 57.8 cm³/mol. The minimum Gasteiger partial charge on any atom is -0.478 e. The summed E-state index contributed by atoms with van der Waals surface area (Å²) in [5.41, 5.74) is 0. The zero-order chi connectivity index (χ0) is 12.1. The SMILES string of the molecule is CC(O)C1CCN(C(=O)C=CC(=O)O)CC1. The number of carbonyl (C=O) groups excluding carboxylic acids is 1. The van der Waals surface area contributed by atoms with E-state index in [4.69, 9.17) is 5.11 Å². The Kier molecular flexibility index (Phi) is 4.49. The summed E-state index contributed by atoms with van der Waals surface area (Å²) in [5, 5.41) is 17.8. The van der Waals surface area contributed by atoms with Crippen molar-refractivity contribution in [1.82, 2.24) is 4.90 Å². The highest BCUT2D eigenvalue weighted by Gasteiger charge is 2.24. The van der Waals surface area contributed by atoms with Crippen molar-refractivity contribution in [2.75, 3.05) is 13.1 Å². The van der Waals surface area contributed by atoms with E-state index in [-0.39, 0.29) is 17.9 Å². The van der Waals surface area contributed by atoms with Crippen LogP contribution in [0.2, 0.25) is 0 Å². The summed E-state index contributed by atoms with van der Waals surface area (Å²) in [6.45, 7) is 2.92. The topological polar surface area (TPSA) is 77.8 Å². The summed E-state index contributed by atoms with van der Waals surface area (Å²) in [5.74, 6) is -1.15. The number of carboxylic acid groups (broad SMARTS) is 1. The molecule has 16 heavy (non-hydrogen) atoms. The smallest absolute Gasteiger partial charge is 0.328 e. The lowest BCUT2D eigenvalue weighted by atomic mass is 9.92. The van der Waals surface area contributed by atoms with Gasteiger partial charge in [-0.3, -0.25) is 4.79 Å². The van der Waals surface area contributed by atoms with E-state index in [1.807, 2.05) is 0 Å².